The molecule has 1 aromatic carbocycles. The van der Waals surface area contributed by atoms with E-state index in [1.54, 1.807) is 0 Å². The molecule has 114 valence electrons. The molecule has 0 saturated carbocycles. The molecule has 0 radical (unpaired) electrons. The van der Waals surface area contributed by atoms with Gasteiger partial charge in [0.1, 0.15) is 0 Å². The Morgan fingerprint density at radius 2 is 1.57 bits per heavy atom. The maximum Gasteiger partial charge on any atom is 0.231 e. The first-order valence-electron chi connectivity index (χ1n) is 7.04. The first-order valence-corrected chi connectivity index (χ1v) is 7.04. The summed E-state index contributed by atoms with van der Waals surface area (Å²) in [7, 11) is 0. The summed E-state index contributed by atoms with van der Waals surface area (Å²) in [6, 6.07) is 9.60. The first-order chi connectivity index (χ1) is 9.41. The van der Waals surface area contributed by atoms with Crippen LogP contribution in [0.3, 0.4) is 0 Å². The van der Waals surface area contributed by atoms with Gasteiger partial charge in [0, 0.05) is 11.2 Å². The predicted octanol–water partition coefficient (Wildman–Crippen LogP) is 3.19. The highest BCUT2D eigenvalue weighted by Gasteiger charge is 2.40. The summed E-state index contributed by atoms with van der Waals surface area (Å²) in [6.07, 6.45) is 0. The van der Waals surface area contributed by atoms with Gasteiger partial charge in [0.2, 0.25) is 5.91 Å². The Bertz CT molecular complexity index is 557. The van der Waals surface area contributed by atoms with Gasteiger partial charge in [-0.3, -0.25) is 4.79 Å². The van der Waals surface area contributed by atoms with Crippen molar-refractivity contribution in [1.82, 2.24) is 0 Å². The summed E-state index contributed by atoms with van der Waals surface area (Å²) in [5.74, 6) is -0.123. The molecular weight excluding hydrogens is 262 g/mol. The van der Waals surface area contributed by atoms with Gasteiger partial charge < -0.3 is 11.1 Å². The number of benzene rings is 1. The van der Waals surface area contributed by atoms with Crippen molar-refractivity contribution in [3.63, 3.8) is 0 Å². The SMILES string of the molecule is CC(C)(C#N)c1ccc(NC(=O)C(C)(C)C(C)(C)N)cc1. The number of nitrogens with zero attached hydrogens (tertiary/aromatic N) is 1. The quantitative estimate of drug-likeness (QED) is 0.892. The van der Waals surface area contributed by atoms with Crippen LogP contribution in [0.25, 0.3) is 0 Å². The number of amides is 1. The number of nitrogens with two attached hydrogens (primary N) is 1. The predicted molar refractivity (Wildman–Crippen MR) is 85.8 cm³/mol. The smallest absolute Gasteiger partial charge is 0.231 e. The highest BCUT2D eigenvalue weighted by molar-refractivity contribution is 5.95. The molecule has 0 bridgehead atoms. The molecule has 0 spiro atoms. The highest BCUT2D eigenvalue weighted by atomic mass is 16.2. The summed E-state index contributed by atoms with van der Waals surface area (Å²) < 4.78 is 0. The molecule has 0 aromatic heterocycles. The van der Waals surface area contributed by atoms with Crippen molar-refractivity contribution >= 4 is 11.6 Å². The number of hydrogen-bond acceptors (Lipinski definition) is 3. The third-order valence-corrected chi connectivity index (χ3v) is 4.32. The van der Waals surface area contributed by atoms with Crippen LogP contribution >= 0.6 is 0 Å². The molecule has 1 rings (SSSR count). The minimum absolute atomic E-state index is 0.123. The average Bonchev–Trinajstić information content (AvgIpc) is 2.38. The molecule has 0 aliphatic heterocycles. The fourth-order valence-corrected chi connectivity index (χ4v) is 1.61. The molecule has 0 heterocycles. The van der Waals surface area contributed by atoms with E-state index in [0.717, 1.165) is 5.56 Å². The number of hydrogen-bond donors (Lipinski definition) is 2. The monoisotopic (exact) mass is 287 g/mol. The molecule has 1 aromatic rings. The van der Waals surface area contributed by atoms with E-state index in [0.29, 0.717) is 5.69 Å². The zero-order chi connectivity index (χ0) is 16.5. The van der Waals surface area contributed by atoms with Crippen LogP contribution in [-0.4, -0.2) is 11.4 Å². The largest absolute Gasteiger partial charge is 0.326 e. The van der Waals surface area contributed by atoms with Gasteiger partial charge in [0.15, 0.2) is 0 Å². The van der Waals surface area contributed by atoms with Gasteiger partial charge in [-0.25, -0.2) is 0 Å². The van der Waals surface area contributed by atoms with Crippen LogP contribution in [0.15, 0.2) is 24.3 Å². The number of rotatable bonds is 4. The van der Waals surface area contributed by atoms with Crippen LogP contribution in [0.2, 0.25) is 0 Å². The second kappa shape index (κ2) is 5.50. The Hall–Kier alpha value is -1.86. The maximum absolute atomic E-state index is 12.4. The zero-order valence-electron chi connectivity index (χ0n) is 13.7. The van der Waals surface area contributed by atoms with Crippen LogP contribution in [0.4, 0.5) is 5.69 Å². The number of carbonyl (C=O) groups excluding carboxylic acids is 1. The zero-order valence-corrected chi connectivity index (χ0v) is 13.7. The molecule has 0 unspecified atom stereocenters. The fourth-order valence-electron chi connectivity index (χ4n) is 1.61. The lowest BCUT2D eigenvalue weighted by atomic mass is 9.74. The molecule has 21 heavy (non-hydrogen) atoms. The molecule has 3 N–H and O–H groups in total. The molecule has 0 saturated heterocycles. The van der Waals surface area contributed by atoms with Crippen molar-refractivity contribution in [1.29, 1.82) is 5.26 Å². The van der Waals surface area contributed by atoms with Crippen molar-refractivity contribution in [3.8, 4) is 6.07 Å². The van der Waals surface area contributed by atoms with Gasteiger partial charge in [-0.05, 0) is 59.2 Å². The standard InChI is InChI=1S/C17H25N3O/c1-15(2,11-18)12-7-9-13(10-8-12)20-14(21)16(3,4)17(5,6)19/h7-10H,19H2,1-6H3,(H,20,21). The van der Waals surface area contributed by atoms with Crippen LogP contribution in [0.5, 0.6) is 0 Å². The van der Waals surface area contributed by atoms with Crippen LogP contribution in [0.1, 0.15) is 47.1 Å². The van der Waals surface area contributed by atoms with Crippen LogP contribution < -0.4 is 11.1 Å². The fraction of sp³-hybridized carbons (Fsp3) is 0.529. The van der Waals surface area contributed by atoms with Gasteiger partial charge in [-0.2, -0.15) is 5.26 Å². The Morgan fingerprint density at radius 1 is 1.10 bits per heavy atom. The van der Waals surface area contributed by atoms with Crippen molar-refractivity contribution in [3.05, 3.63) is 29.8 Å². The lowest BCUT2D eigenvalue weighted by molar-refractivity contribution is -0.126. The van der Waals surface area contributed by atoms with E-state index in [-0.39, 0.29) is 5.91 Å². The van der Waals surface area contributed by atoms with Gasteiger partial charge in [-0.15, -0.1) is 0 Å². The molecular formula is C17H25N3O. The summed E-state index contributed by atoms with van der Waals surface area (Å²) in [5, 5.41) is 12.0. The van der Waals surface area contributed by atoms with E-state index < -0.39 is 16.4 Å². The normalized spacial score (nSPS) is 12.7. The van der Waals surface area contributed by atoms with Gasteiger partial charge >= 0.3 is 0 Å². The Kier molecular flexibility index (Phi) is 4.50. The van der Waals surface area contributed by atoms with Crippen molar-refractivity contribution in [2.45, 2.75) is 52.5 Å². The summed E-state index contributed by atoms with van der Waals surface area (Å²) in [4.78, 5) is 12.4. The second-order valence-corrected chi connectivity index (χ2v) is 7.11. The third kappa shape index (κ3) is 3.62. The first kappa shape index (κ1) is 17.2. The topological polar surface area (TPSA) is 78.9 Å². The Balaban J connectivity index is 2.92. The van der Waals surface area contributed by atoms with Crippen molar-refractivity contribution < 1.29 is 4.79 Å². The molecule has 0 atom stereocenters. The Labute approximate surface area is 127 Å². The molecule has 0 fully saturated rings. The van der Waals surface area contributed by atoms with E-state index in [1.807, 2.05) is 65.8 Å². The molecule has 0 aliphatic rings. The van der Waals surface area contributed by atoms with Gasteiger partial charge in [0.25, 0.3) is 0 Å². The lowest BCUT2D eigenvalue weighted by Gasteiger charge is -2.36. The van der Waals surface area contributed by atoms with E-state index in [1.165, 1.54) is 0 Å². The van der Waals surface area contributed by atoms with Crippen molar-refractivity contribution in [2.24, 2.45) is 11.1 Å². The van der Waals surface area contributed by atoms with Crippen molar-refractivity contribution in [2.75, 3.05) is 5.32 Å². The van der Waals surface area contributed by atoms with E-state index in [2.05, 4.69) is 11.4 Å². The minimum atomic E-state index is -0.697. The third-order valence-electron chi connectivity index (χ3n) is 4.32. The Morgan fingerprint density at radius 3 is 1.95 bits per heavy atom. The molecule has 4 heteroatoms. The summed E-state index contributed by atoms with van der Waals surface area (Å²) >= 11 is 0. The minimum Gasteiger partial charge on any atom is -0.326 e. The van der Waals surface area contributed by atoms with Crippen LogP contribution in [-0.2, 0) is 10.2 Å². The van der Waals surface area contributed by atoms with E-state index >= 15 is 0 Å². The molecule has 4 nitrogen and oxygen atoms in total. The second-order valence-electron chi connectivity index (χ2n) is 7.11. The highest BCUT2D eigenvalue weighted by Crippen LogP contribution is 2.30. The van der Waals surface area contributed by atoms with E-state index in [9.17, 15) is 4.79 Å². The lowest BCUT2D eigenvalue weighted by Crippen LogP contribution is -2.53. The summed E-state index contributed by atoms with van der Waals surface area (Å²) in [5.41, 5.74) is 5.83. The number of nitriles is 1. The number of anilines is 1. The summed E-state index contributed by atoms with van der Waals surface area (Å²) in [6.45, 7) is 11.1. The molecule has 0 aliphatic carbocycles. The number of nitrogens with one attached hydrogen (secondary N) is 1. The van der Waals surface area contributed by atoms with E-state index in [4.69, 9.17) is 11.0 Å². The number of carbonyl (C=O) groups is 1. The average molecular weight is 287 g/mol. The van der Waals surface area contributed by atoms with Crippen LogP contribution in [0, 0.1) is 16.7 Å². The van der Waals surface area contributed by atoms with Gasteiger partial charge in [-0.1, -0.05) is 12.1 Å². The van der Waals surface area contributed by atoms with Gasteiger partial charge in [0.05, 0.1) is 16.9 Å². The molecule has 1 amide bonds. The maximum atomic E-state index is 12.4.